The summed E-state index contributed by atoms with van der Waals surface area (Å²) in [5.41, 5.74) is -0.637. The minimum Gasteiger partial charge on any atom is -0.455 e. The zero-order valence-electron chi connectivity index (χ0n) is 21.5. The first kappa shape index (κ1) is 24.7. The van der Waals surface area contributed by atoms with Crippen LogP contribution in [-0.2, 0) is 28.5 Å². The second-order valence-corrected chi connectivity index (χ2v) is 12.2. The van der Waals surface area contributed by atoms with E-state index >= 15 is 0 Å². The van der Waals surface area contributed by atoms with Gasteiger partial charge < -0.3 is 23.7 Å². The van der Waals surface area contributed by atoms with Gasteiger partial charge in [-0.2, -0.15) is 0 Å². The largest absolute Gasteiger partial charge is 0.455 e. The molecule has 4 aliphatic carbocycles. The number of ether oxygens (including phenoxy) is 5. The third kappa shape index (κ3) is 4.49. The van der Waals surface area contributed by atoms with Gasteiger partial charge in [-0.05, 0) is 70.6 Å². The maximum Gasteiger partial charge on any atom is 0.333 e. The van der Waals surface area contributed by atoms with Gasteiger partial charge in [-0.25, -0.2) is 4.79 Å². The topological polar surface area (TPSA) is 63.2 Å². The minimum atomic E-state index is -0.514. The number of hydrogen-bond acceptors (Lipinski definition) is 6. The van der Waals surface area contributed by atoms with Gasteiger partial charge >= 0.3 is 5.97 Å². The lowest BCUT2D eigenvalue weighted by molar-refractivity contribution is -0.289. The van der Waals surface area contributed by atoms with Gasteiger partial charge in [-0.3, -0.25) is 0 Å². The van der Waals surface area contributed by atoms with Crippen molar-refractivity contribution < 1.29 is 28.5 Å². The summed E-state index contributed by atoms with van der Waals surface area (Å²) in [7, 11) is 0. The van der Waals surface area contributed by atoms with Crippen LogP contribution in [0.1, 0.15) is 97.8 Å². The average molecular weight is 477 g/mol. The van der Waals surface area contributed by atoms with Crippen LogP contribution in [0.5, 0.6) is 0 Å². The number of rotatable bonds is 12. The zero-order chi connectivity index (χ0) is 24.1. The maximum atomic E-state index is 12.7. The van der Waals surface area contributed by atoms with E-state index in [2.05, 4.69) is 20.4 Å². The third-order valence-electron chi connectivity index (χ3n) is 9.73. The Labute approximate surface area is 205 Å². The highest BCUT2D eigenvalue weighted by Crippen LogP contribution is 2.63. The summed E-state index contributed by atoms with van der Waals surface area (Å²) in [4.78, 5) is 12.7. The summed E-state index contributed by atoms with van der Waals surface area (Å²) in [5, 5.41) is 0. The van der Waals surface area contributed by atoms with Gasteiger partial charge in [0.2, 0.25) is 0 Å². The molecule has 0 aromatic carbocycles. The lowest BCUT2D eigenvalue weighted by atomic mass is 9.50. The first-order valence-electron chi connectivity index (χ1n) is 13.6. The van der Waals surface area contributed by atoms with E-state index in [1.54, 1.807) is 6.92 Å². The molecule has 0 spiro atoms. The van der Waals surface area contributed by atoms with Crippen LogP contribution in [0.25, 0.3) is 0 Å². The van der Waals surface area contributed by atoms with Crippen molar-refractivity contribution in [2.24, 2.45) is 5.92 Å². The predicted octanol–water partition coefficient (Wildman–Crippen LogP) is 5.27. The van der Waals surface area contributed by atoms with Gasteiger partial charge in [-0.15, -0.1) is 0 Å². The monoisotopic (exact) mass is 476 g/mol. The molecule has 4 unspecified atom stereocenters. The van der Waals surface area contributed by atoms with Crippen LogP contribution in [0.15, 0.2) is 12.2 Å². The fraction of sp³-hybridized carbons (Fsp3) is 0.893. The second-order valence-electron chi connectivity index (χ2n) is 12.2. The lowest BCUT2D eigenvalue weighted by Crippen LogP contribution is -2.68. The Morgan fingerprint density at radius 1 is 0.853 bits per heavy atom. The van der Waals surface area contributed by atoms with Crippen molar-refractivity contribution in [1.29, 1.82) is 0 Å². The molecular weight excluding hydrogens is 432 g/mol. The van der Waals surface area contributed by atoms with Crippen LogP contribution in [0.3, 0.4) is 0 Å². The Kier molecular flexibility index (Phi) is 6.45. The van der Waals surface area contributed by atoms with Gasteiger partial charge in [0.25, 0.3) is 0 Å². The Balaban J connectivity index is 1.31. The van der Waals surface area contributed by atoms with Crippen molar-refractivity contribution in [2.45, 2.75) is 126 Å². The molecule has 6 fully saturated rings. The summed E-state index contributed by atoms with van der Waals surface area (Å²) in [6.07, 6.45) is 11.6. The first-order valence-corrected chi connectivity index (χ1v) is 13.6. The molecule has 0 aromatic rings. The van der Waals surface area contributed by atoms with Crippen molar-refractivity contribution in [1.82, 2.24) is 0 Å². The van der Waals surface area contributed by atoms with Gasteiger partial charge in [-0.1, -0.05) is 20.4 Å². The fourth-order valence-electron chi connectivity index (χ4n) is 7.89. The SMILES string of the molecule is C=C(C)C(=O)OC12CC3CC(OCCC4(CC)CCO4)(CC(OCCC4(CC)CCO4)(C3)C1)C2. The first-order chi connectivity index (χ1) is 16.2. The smallest absolute Gasteiger partial charge is 0.333 e. The quantitative estimate of drug-likeness (QED) is 0.282. The van der Waals surface area contributed by atoms with E-state index < -0.39 is 5.60 Å². The summed E-state index contributed by atoms with van der Waals surface area (Å²) in [5.74, 6) is 0.169. The normalized spacial score (nSPS) is 44.4. The molecule has 0 radical (unpaired) electrons. The average Bonchev–Trinajstić information content (AvgIpc) is 2.70. The molecule has 34 heavy (non-hydrogen) atoms. The van der Waals surface area contributed by atoms with Gasteiger partial charge in [0, 0.05) is 24.8 Å². The molecule has 192 valence electrons. The third-order valence-corrected chi connectivity index (χ3v) is 9.73. The van der Waals surface area contributed by atoms with Crippen molar-refractivity contribution in [3.63, 3.8) is 0 Å². The summed E-state index contributed by atoms with van der Waals surface area (Å²) >= 11 is 0. The van der Waals surface area contributed by atoms with Crippen LogP contribution < -0.4 is 0 Å². The molecular formula is C28H44O6. The van der Waals surface area contributed by atoms with Crippen LogP contribution >= 0.6 is 0 Å². The highest BCUT2D eigenvalue weighted by atomic mass is 16.6. The minimum absolute atomic E-state index is 0.00215. The molecule has 6 heteroatoms. The summed E-state index contributed by atoms with van der Waals surface area (Å²) < 4.78 is 31.6. The maximum absolute atomic E-state index is 12.7. The lowest BCUT2D eigenvalue weighted by Gasteiger charge is -2.65. The Morgan fingerprint density at radius 3 is 1.68 bits per heavy atom. The highest BCUT2D eigenvalue weighted by molar-refractivity contribution is 5.87. The number of carbonyl (C=O) groups is 1. The van der Waals surface area contributed by atoms with Crippen LogP contribution in [0.4, 0.5) is 0 Å². The van der Waals surface area contributed by atoms with E-state index in [0.717, 1.165) is 90.3 Å². The Bertz CT molecular complexity index is 742. The van der Waals surface area contributed by atoms with E-state index in [-0.39, 0.29) is 28.4 Å². The zero-order valence-corrected chi connectivity index (χ0v) is 21.5. The summed E-state index contributed by atoms with van der Waals surface area (Å²) in [6.45, 7) is 13.1. The molecule has 6 nitrogen and oxygen atoms in total. The van der Waals surface area contributed by atoms with E-state index in [4.69, 9.17) is 23.7 Å². The van der Waals surface area contributed by atoms with Crippen molar-refractivity contribution in [2.75, 3.05) is 26.4 Å². The Hall–Kier alpha value is -0.950. The molecule has 0 amide bonds. The molecule has 6 rings (SSSR count). The van der Waals surface area contributed by atoms with Gasteiger partial charge in [0.15, 0.2) is 0 Å². The Morgan fingerprint density at radius 2 is 1.29 bits per heavy atom. The van der Waals surface area contributed by atoms with Crippen molar-refractivity contribution >= 4 is 5.97 Å². The van der Waals surface area contributed by atoms with Crippen LogP contribution in [-0.4, -0.2) is 60.4 Å². The predicted molar refractivity (Wildman–Crippen MR) is 129 cm³/mol. The molecule has 4 bridgehead atoms. The van der Waals surface area contributed by atoms with E-state index in [9.17, 15) is 4.79 Å². The fourth-order valence-corrected chi connectivity index (χ4v) is 7.89. The van der Waals surface area contributed by atoms with Crippen LogP contribution in [0, 0.1) is 5.92 Å². The van der Waals surface area contributed by atoms with Gasteiger partial charge in [0.1, 0.15) is 5.60 Å². The molecule has 2 heterocycles. The van der Waals surface area contributed by atoms with Crippen molar-refractivity contribution in [3.8, 4) is 0 Å². The van der Waals surface area contributed by atoms with E-state index in [0.29, 0.717) is 24.7 Å². The van der Waals surface area contributed by atoms with E-state index in [1.165, 1.54) is 0 Å². The molecule has 4 atom stereocenters. The van der Waals surface area contributed by atoms with Gasteiger partial charge in [0.05, 0.1) is 48.8 Å². The molecule has 0 N–H and O–H groups in total. The highest BCUT2D eigenvalue weighted by Gasteiger charge is 2.66. The van der Waals surface area contributed by atoms with Crippen molar-refractivity contribution in [3.05, 3.63) is 12.2 Å². The molecule has 4 saturated carbocycles. The molecule has 6 aliphatic rings. The number of carbonyl (C=O) groups excluding carboxylic acids is 1. The second kappa shape index (κ2) is 8.86. The molecule has 2 aliphatic heterocycles. The number of esters is 1. The summed E-state index contributed by atoms with van der Waals surface area (Å²) in [6, 6.07) is 0. The molecule has 2 saturated heterocycles. The standard InChI is InChI=1S/C28H44O6/c1-5-24(7-11-30-24)9-13-32-26-15-22-16-27(18-26,33-14-10-25(6-2)8-12-31-25)20-28(17-22,19-26)34-23(29)21(3)4/h22H,3,5-20H2,1-2,4H3. The van der Waals surface area contributed by atoms with Crippen LogP contribution in [0.2, 0.25) is 0 Å². The molecule has 0 aromatic heterocycles. The number of hydrogen-bond donors (Lipinski definition) is 0. The van der Waals surface area contributed by atoms with E-state index in [1.807, 2.05) is 0 Å².